The quantitative estimate of drug-likeness (QED) is 0.472. The first-order valence-electron chi connectivity index (χ1n) is 10.4. The van der Waals surface area contributed by atoms with E-state index in [1.807, 2.05) is 36.4 Å². The zero-order chi connectivity index (χ0) is 20.0. The predicted octanol–water partition coefficient (Wildman–Crippen LogP) is 5.77. The summed E-state index contributed by atoms with van der Waals surface area (Å²) in [5.41, 5.74) is 3.91. The first-order valence-corrected chi connectivity index (χ1v) is 11.2. The van der Waals surface area contributed by atoms with Gasteiger partial charge in [-0.25, -0.2) is 4.98 Å². The van der Waals surface area contributed by atoms with Gasteiger partial charge in [0.1, 0.15) is 0 Å². The summed E-state index contributed by atoms with van der Waals surface area (Å²) in [5.74, 6) is 1.23. The van der Waals surface area contributed by atoms with Crippen molar-refractivity contribution in [2.24, 2.45) is 11.8 Å². The van der Waals surface area contributed by atoms with Gasteiger partial charge in [0.2, 0.25) is 0 Å². The van der Waals surface area contributed by atoms with Crippen molar-refractivity contribution in [3.05, 3.63) is 60.3 Å². The Morgan fingerprint density at radius 2 is 1.97 bits per heavy atom. The van der Waals surface area contributed by atoms with Crippen molar-refractivity contribution >= 4 is 32.4 Å². The molecule has 0 bridgehead atoms. The number of amides is 1. The van der Waals surface area contributed by atoms with E-state index in [0.29, 0.717) is 11.8 Å². The smallest absolute Gasteiger partial charge is 0.251 e. The number of carbonyl (C=O) groups excluding carboxylic acids is 1. The molecule has 4 nitrogen and oxygen atoms in total. The van der Waals surface area contributed by atoms with Crippen LogP contribution in [0.15, 0.2) is 54.7 Å². The summed E-state index contributed by atoms with van der Waals surface area (Å²) < 4.78 is 3.21. The first kappa shape index (κ1) is 18.4. The highest BCUT2D eigenvalue weighted by molar-refractivity contribution is 7.23. The number of nitrogens with one attached hydrogen (secondary N) is 1. The van der Waals surface area contributed by atoms with Gasteiger partial charge in [0.15, 0.2) is 4.96 Å². The number of carbonyl (C=O) groups is 1. The van der Waals surface area contributed by atoms with Gasteiger partial charge in [-0.3, -0.25) is 9.20 Å². The lowest BCUT2D eigenvalue weighted by molar-refractivity contribution is 0.0891. The lowest BCUT2D eigenvalue weighted by Gasteiger charge is -2.34. The van der Waals surface area contributed by atoms with Crippen LogP contribution in [0.3, 0.4) is 0 Å². The van der Waals surface area contributed by atoms with Gasteiger partial charge < -0.3 is 5.32 Å². The van der Waals surface area contributed by atoms with Gasteiger partial charge in [0.05, 0.1) is 15.9 Å². The molecule has 0 saturated heterocycles. The fourth-order valence-corrected chi connectivity index (χ4v) is 5.47. The summed E-state index contributed by atoms with van der Waals surface area (Å²) in [4.78, 5) is 18.6. The number of hydrogen-bond donors (Lipinski definition) is 1. The lowest BCUT2D eigenvalue weighted by atomic mass is 9.78. The second-order valence-corrected chi connectivity index (χ2v) is 9.29. The van der Waals surface area contributed by atoms with Crippen molar-refractivity contribution < 1.29 is 4.79 Å². The summed E-state index contributed by atoms with van der Waals surface area (Å²) >= 11 is 1.63. The average molecular weight is 404 g/mol. The third-order valence-corrected chi connectivity index (χ3v) is 7.47. The van der Waals surface area contributed by atoms with Crippen LogP contribution in [0.5, 0.6) is 0 Å². The van der Waals surface area contributed by atoms with E-state index in [1.54, 1.807) is 11.3 Å². The van der Waals surface area contributed by atoms with Gasteiger partial charge in [-0.1, -0.05) is 68.4 Å². The molecule has 3 atom stereocenters. The predicted molar refractivity (Wildman–Crippen MR) is 119 cm³/mol. The number of hydrogen-bond acceptors (Lipinski definition) is 3. The Labute approximate surface area is 174 Å². The van der Waals surface area contributed by atoms with E-state index < -0.39 is 0 Å². The Morgan fingerprint density at radius 3 is 2.79 bits per heavy atom. The molecule has 5 heteroatoms. The first-order chi connectivity index (χ1) is 14.1. The van der Waals surface area contributed by atoms with Crippen molar-refractivity contribution in [2.75, 3.05) is 0 Å². The van der Waals surface area contributed by atoms with Gasteiger partial charge in [0.25, 0.3) is 5.91 Å². The van der Waals surface area contributed by atoms with E-state index in [0.717, 1.165) is 38.4 Å². The maximum atomic E-state index is 12.9. The summed E-state index contributed by atoms with van der Waals surface area (Å²) in [6.07, 6.45) is 5.61. The molecule has 1 saturated carbocycles. The molecule has 1 fully saturated rings. The van der Waals surface area contributed by atoms with Gasteiger partial charge in [-0.2, -0.15) is 0 Å². The molecule has 0 aliphatic heterocycles. The summed E-state index contributed by atoms with van der Waals surface area (Å²) in [6.45, 7) is 4.55. The standard InChI is InChI=1S/C24H25N3OS/c1-15-7-6-10-19(16(15)2)25-23(28)18-11-12-21-22(13-18)29-24-26-20(14-27(21)24)17-8-4-3-5-9-17/h3-5,8-9,11-16,19H,6-7,10H2,1-2H3,(H,25,28)/t15-,16+,19+/m1/s1. The Kier molecular flexibility index (Phi) is 4.63. The molecule has 1 aliphatic carbocycles. The van der Waals surface area contributed by atoms with E-state index in [1.165, 1.54) is 12.8 Å². The van der Waals surface area contributed by atoms with Crippen LogP contribution < -0.4 is 5.32 Å². The third-order valence-electron chi connectivity index (χ3n) is 6.45. The lowest BCUT2D eigenvalue weighted by Crippen LogP contribution is -2.43. The number of imidazole rings is 1. The van der Waals surface area contributed by atoms with Gasteiger partial charge in [-0.15, -0.1) is 0 Å². The highest BCUT2D eigenvalue weighted by Gasteiger charge is 2.28. The van der Waals surface area contributed by atoms with Crippen LogP contribution in [0, 0.1) is 11.8 Å². The molecule has 2 aromatic heterocycles. The Balaban J connectivity index is 1.42. The van der Waals surface area contributed by atoms with Crippen LogP contribution in [-0.2, 0) is 0 Å². The molecular weight excluding hydrogens is 378 g/mol. The molecule has 1 aliphatic rings. The highest BCUT2D eigenvalue weighted by Crippen LogP contribution is 2.31. The van der Waals surface area contributed by atoms with Crippen molar-refractivity contribution in [1.82, 2.24) is 14.7 Å². The van der Waals surface area contributed by atoms with E-state index in [2.05, 4.69) is 41.9 Å². The fraction of sp³-hybridized carbons (Fsp3) is 0.333. The van der Waals surface area contributed by atoms with Crippen LogP contribution in [0.2, 0.25) is 0 Å². The number of fused-ring (bicyclic) bond motifs is 3. The molecule has 1 amide bonds. The molecule has 2 heterocycles. The maximum Gasteiger partial charge on any atom is 0.251 e. The summed E-state index contributed by atoms with van der Waals surface area (Å²) in [5, 5.41) is 3.28. The molecule has 1 N–H and O–H groups in total. The monoisotopic (exact) mass is 403 g/mol. The molecule has 0 unspecified atom stereocenters. The van der Waals surface area contributed by atoms with Crippen LogP contribution in [0.25, 0.3) is 26.4 Å². The van der Waals surface area contributed by atoms with E-state index in [-0.39, 0.29) is 11.9 Å². The van der Waals surface area contributed by atoms with Crippen LogP contribution in [0.4, 0.5) is 0 Å². The van der Waals surface area contributed by atoms with Gasteiger partial charge in [0, 0.05) is 23.4 Å². The fourth-order valence-electron chi connectivity index (χ4n) is 4.43. The molecule has 0 radical (unpaired) electrons. The maximum absolute atomic E-state index is 12.9. The minimum atomic E-state index is 0.0360. The zero-order valence-electron chi connectivity index (χ0n) is 16.8. The third kappa shape index (κ3) is 3.33. The van der Waals surface area contributed by atoms with Gasteiger partial charge >= 0.3 is 0 Å². The van der Waals surface area contributed by atoms with Crippen molar-refractivity contribution in [2.45, 2.75) is 39.2 Å². The Morgan fingerprint density at radius 1 is 1.14 bits per heavy atom. The van der Waals surface area contributed by atoms with E-state index >= 15 is 0 Å². The molecule has 4 aromatic rings. The molecule has 148 valence electrons. The number of rotatable bonds is 3. The number of aromatic nitrogens is 2. The second-order valence-electron chi connectivity index (χ2n) is 8.28. The molecule has 29 heavy (non-hydrogen) atoms. The highest BCUT2D eigenvalue weighted by atomic mass is 32.1. The van der Waals surface area contributed by atoms with E-state index in [4.69, 9.17) is 4.98 Å². The molecular formula is C24H25N3OS. The Bertz CT molecular complexity index is 1180. The van der Waals surface area contributed by atoms with Crippen LogP contribution >= 0.6 is 11.3 Å². The van der Waals surface area contributed by atoms with Crippen molar-refractivity contribution in [3.8, 4) is 11.3 Å². The number of nitrogens with zero attached hydrogens (tertiary/aromatic N) is 2. The summed E-state index contributed by atoms with van der Waals surface area (Å²) in [6, 6.07) is 16.5. The number of benzene rings is 2. The topological polar surface area (TPSA) is 46.4 Å². The average Bonchev–Trinajstić information content (AvgIpc) is 3.29. The SMILES string of the molecule is C[C@H]1[C@H](C)CCC[C@@H]1NC(=O)c1ccc2c(c1)sc1nc(-c3ccccc3)cn12. The van der Waals surface area contributed by atoms with Crippen LogP contribution in [0.1, 0.15) is 43.5 Å². The van der Waals surface area contributed by atoms with Crippen LogP contribution in [-0.4, -0.2) is 21.3 Å². The summed E-state index contributed by atoms with van der Waals surface area (Å²) in [7, 11) is 0. The van der Waals surface area contributed by atoms with Crippen molar-refractivity contribution in [1.29, 1.82) is 0 Å². The second kappa shape index (κ2) is 7.30. The normalized spacial score (nSPS) is 22.2. The molecule has 5 rings (SSSR count). The molecule has 0 spiro atoms. The Hall–Kier alpha value is -2.66. The number of thiazole rings is 1. The largest absolute Gasteiger partial charge is 0.349 e. The minimum Gasteiger partial charge on any atom is -0.349 e. The minimum absolute atomic E-state index is 0.0360. The van der Waals surface area contributed by atoms with E-state index in [9.17, 15) is 4.79 Å². The molecule has 2 aromatic carbocycles. The zero-order valence-corrected chi connectivity index (χ0v) is 17.6. The van der Waals surface area contributed by atoms with Crippen molar-refractivity contribution in [3.63, 3.8) is 0 Å². The van der Waals surface area contributed by atoms with Gasteiger partial charge in [-0.05, 0) is 36.5 Å².